The lowest BCUT2D eigenvalue weighted by molar-refractivity contribution is -0.138. The average Bonchev–Trinajstić information content (AvgIpc) is 2.44. The van der Waals surface area contributed by atoms with E-state index in [1.54, 1.807) is 13.8 Å². The van der Waals surface area contributed by atoms with E-state index in [1.165, 1.54) is 0 Å². The Hall–Kier alpha value is -1.08. The number of hydrogen-bond donors (Lipinski definition) is 4. The standard InChI is InChI=1S/C10H16N2O4S/c1-10(2)8(15)5(4-11-10)12-9(16)6(17)3-7(13)14/h5-6,11,17H,3-4H2,1-2H3,(H,12,16)(H,13,14). The highest BCUT2D eigenvalue weighted by atomic mass is 32.1. The molecule has 0 aromatic heterocycles. The van der Waals surface area contributed by atoms with Gasteiger partial charge in [0.15, 0.2) is 5.78 Å². The van der Waals surface area contributed by atoms with Crippen LogP contribution in [-0.4, -0.2) is 46.1 Å². The molecule has 3 N–H and O–H groups in total. The molecular formula is C10H16N2O4S. The number of amides is 1. The SMILES string of the molecule is CC1(C)NCC(NC(=O)C(S)CC(=O)O)C1=O. The van der Waals surface area contributed by atoms with Gasteiger partial charge in [0.1, 0.15) is 6.04 Å². The minimum absolute atomic E-state index is 0.110. The summed E-state index contributed by atoms with van der Waals surface area (Å²) in [5.74, 6) is -1.74. The van der Waals surface area contributed by atoms with Crippen LogP contribution in [0.3, 0.4) is 0 Å². The molecule has 2 unspecified atom stereocenters. The first-order valence-corrected chi connectivity index (χ1v) is 5.75. The third-order valence-corrected chi connectivity index (χ3v) is 3.08. The van der Waals surface area contributed by atoms with Crippen molar-refractivity contribution >= 4 is 30.3 Å². The molecular weight excluding hydrogens is 244 g/mol. The second-order valence-corrected chi connectivity index (χ2v) is 5.17. The lowest BCUT2D eigenvalue weighted by atomic mass is 9.99. The fourth-order valence-corrected chi connectivity index (χ4v) is 1.85. The Morgan fingerprint density at radius 3 is 2.65 bits per heavy atom. The number of carbonyl (C=O) groups is 3. The molecule has 1 aliphatic heterocycles. The third kappa shape index (κ3) is 3.44. The minimum atomic E-state index is -1.10. The largest absolute Gasteiger partial charge is 0.481 e. The van der Waals surface area contributed by atoms with Crippen LogP contribution >= 0.6 is 12.6 Å². The first-order valence-electron chi connectivity index (χ1n) is 5.23. The van der Waals surface area contributed by atoms with E-state index in [2.05, 4.69) is 23.3 Å². The molecule has 0 radical (unpaired) electrons. The Morgan fingerprint density at radius 2 is 2.24 bits per heavy atom. The molecule has 2 atom stereocenters. The number of thiol groups is 1. The molecule has 96 valence electrons. The molecule has 1 saturated heterocycles. The molecule has 7 heteroatoms. The Balaban J connectivity index is 2.53. The van der Waals surface area contributed by atoms with Crippen LogP contribution < -0.4 is 10.6 Å². The van der Waals surface area contributed by atoms with Gasteiger partial charge in [0.05, 0.1) is 17.2 Å². The van der Waals surface area contributed by atoms with E-state index in [4.69, 9.17) is 5.11 Å². The van der Waals surface area contributed by atoms with E-state index in [9.17, 15) is 14.4 Å². The number of carboxylic acids is 1. The van der Waals surface area contributed by atoms with Crippen LogP contribution in [-0.2, 0) is 14.4 Å². The molecule has 0 aromatic carbocycles. The zero-order valence-corrected chi connectivity index (χ0v) is 10.6. The molecule has 0 spiro atoms. The predicted octanol–water partition coefficient (Wildman–Crippen LogP) is -0.805. The lowest BCUT2D eigenvalue weighted by Gasteiger charge is -2.17. The number of ketones is 1. The highest BCUT2D eigenvalue weighted by Gasteiger charge is 2.41. The van der Waals surface area contributed by atoms with Gasteiger partial charge in [-0.1, -0.05) is 0 Å². The van der Waals surface area contributed by atoms with Gasteiger partial charge in [-0.3, -0.25) is 14.4 Å². The fourth-order valence-electron chi connectivity index (χ4n) is 1.62. The van der Waals surface area contributed by atoms with Crippen LogP contribution in [0.4, 0.5) is 0 Å². The Labute approximate surface area is 105 Å². The molecule has 6 nitrogen and oxygen atoms in total. The highest BCUT2D eigenvalue weighted by molar-refractivity contribution is 7.81. The van der Waals surface area contributed by atoms with Crippen LogP contribution in [0.5, 0.6) is 0 Å². The molecule has 0 bridgehead atoms. The van der Waals surface area contributed by atoms with Gasteiger partial charge >= 0.3 is 5.97 Å². The molecule has 17 heavy (non-hydrogen) atoms. The number of Topliss-reactive ketones (excluding diaryl/α,β-unsaturated/α-hetero) is 1. The molecule has 1 fully saturated rings. The third-order valence-electron chi connectivity index (χ3n) is 2.67. The first kappa shape index (κ1) is 14.0. The molecule has 0 aliphatic carbocycles. The Morgan fingerprint density at radius 1 is 1.65 bits per heavy atom. The van der Waals surface area contributed by atoms with Crippen molar-refractivity contribution < 1.29 is 19.5 Å². The molecule has 0 aromatic rings. The minimum Gasteiger partial charge on any atom is -0.481 e. The van der Waals surface area contributed by atoms with E-state index in [0.717, 1.165) is 0 Å². The number of nitrogens with one attached hydrogen (secondary N) is 2. The van der Waals surface area contributed by atoms with Gasteiger partial charge in [-0.05, 0) is 13.8 Å². The summed E-state index contributed by atoms with van der Waals surface area (Å²) in [5.41, 5.74) is -0.656. The summed E-state index contributed by atoms with van der Waals surface area (Å²) >= 11 is 3.89. The van der Waals surface area contributed by atoms with Gasteiger partial charge in [-0.15, -0.1) is 0 Å². The van der Waals surface area contributed by atoms with Crippen molar-refractivity contribution in [3.63, 3.8) is 0 Å². The number of aliphatic carboxylic acids is 1. The van der Waals surface area contributed by atoms with Crippen LogP contribution in [0.2, 0.25) is 0 Å². The van der Waals surface area contributed by atoms with Gasteiger partial charge in [-0.25, -0.2) is 0 Å². The molecule has 1 amide bonds. The van der Waals surface area contributed by atoms with Gasteiger partial charge in [-0.2, -0.15) is 12.6 Å². The highest BCUT2D eigenvalue weighted by Crippen LogP contribution is 2.14. The summed E-state index contributed by atoms with van der Waals surface area (Å²) in [5, 5.41) is 13.1. The second-order valence-electron chi connectivity index (χ2n) is 4.54. The van der Waals surface area contributed by atoms with E-state index in [-0.39, 0.29) is 12.2 Å². The zero-order valence-electron chi connectivity index (χ0n) is 9.69. The van der Waals surface area contributed by atoms with Crippen molar-refractivity contribution in [1.82, 2.24) is 10.6 Å². The van der Waals surface area contributed by atoms with Crippen molar-refractivity contribution in [2.45, 2.75) is 37.1 Å². The fraction of sp³-hybridized carbons (Fsp3) is 0.700. The summed E-state index contributed by atoms with van der Waals surface area (Å²) in [6.45, 7) is 3.82. The maximum Gasteiger partial charge on any atom is 0.304 e. The summed E-state index contributed by atoms with van der Waals surface area (Å²) in [6, 6.07) is -0.610. The Kier molecular flexibility index (Phi) is 4.16. The first-order chi connectivity index (χ1) is 7.74. The van der Waals surface area contributed by atoms with Gasteiger partial charge < -0.3 is 15.7 Å². The monoisotopic (exact) mass is 260 g/mol. The number of rotatable bonds is 4. The van der Waals surface area contributed by atoms with Crippen molar-refractivity contribution in [1.29, 1.82) is 0 Å². The van der Waals surface area contributed by atoms with Crippen molar-refractivity contribution in [3.05, 3.63) is 0 Å². The topological polar surface area (TPSA) is 95.5 Å². The van der Waals surface area contributed by atoms with E-state index >= 15 is 0 Å². The number of hydrogen-bond acceptors (Lipinski definition) is 5. The predicted molar refractivity (Wildman–Crippen MR) is 64.0 cm³/mol. The van der Waals surface area contributed by atoms with Gasteiger partial charge in [0, 0.05) is 6.54 Å². The van der Waals surface area contributed by atoms with E-state index in [0.29, 0.717) is 6.54 Å². The van der Waals surface area contributed by atoms with Crippen molar-refractivity contribution in [2.75, 3.05) is 6.54 Å². The quantitative estimate of drug-likeness (QED) is 0.496. The van der Waals surface area contributed by atoms with E-state index < -0.39 is 28.7 Å². The second kappa shape index (κ2) is 5.05. The number of carbonyl (C=O) groups excluding carboxylic acids is 2. The smallest absolute Gasteiger partial charge is 0.304 e. The van der Waals surface area contributed by atoms with Gasteiger partial charge in [0.25, 0.3) is 0 Å². The van der Waals surface area contributed by atoms with Crippen molar-refractivity contribution in [2.24, 2.45) is 0 Å². The molecule has 1 rings (SSSR count). The normalized spacial score (nSPS) is 24.4. The molecule has 0 saturated carbocycles. The summed E-state index contributed by atoms with van der Waals surface area (Å²) < 4.78 is 0. The molecule has 1 heterocycles. The molecule has 1 aliphatic rings. The summed E-state index contributed by atoms with van der Waals surface area (Å²) in [7, 11) is 0. The van der Waals surface area contributed by atoms with Crippen LogP contribution in [0.1, 0.15) is 20.3 Å². The van der Waals surface area contributed by atoms with Crippen molar-refractivity contribution in [3.8, 4) is 0 Å². The van der Waals surface area contributed by atoms with Gasteiger partial charge in [0.2, 0.25) is 5.91 Å². The lowest BCUT2D eigenvalue weighted by Crippen LogP contribution is -2.46. The maximum atomic E-state index is 11.8. The summed E-state index contributed by atoms with van der Waals surface area (Å²) in [6.07, 6.45) is -0.368. The van der Waals surface area contributed by atoms with E-state index in [1.807, 2.05) is 0 Å². The number of carboxylic acid groups (broad SMARTS) is 1. The average molecular weight is 260 g/mol. The summed E-state index contributed by atoms with van der Waals surface area (Å²) in [4.78, 5) is 33.8. The Bertz CT molecular complexity index is 356. The maximum absolute atomic E-state index is 11.8. The zero-order chi connectivity index (χ0) is 13.2. The van der Waals surface area contributed by atoms with Crippen LogP contribution in [0, 0.1) is 0 Å². The van der Waals surface area contributed by atoms with Crippen LogP contribution in [0.25, 0.3) is 0 Å². The van der Waals surface area contributed by atoms with Crippen LogP contribution in [0.15, 0.2) is 0 Å².